The van der Waals surface area contributed by atoms with Gasteiger partial charge in [0.2, 0.25) is 0 Å². The summed E-state index contributed by atoms with van der Waals surface area (Å²) in [6.07, 6.45) is 4.80. The molecule has 2 aliphatic heterocycles. The highest BCUT2D eigenvalue weighted by Gasteiger charge is 2.30. The van der Waals surface area contributed by atoms with E-state index < -0.39 is 0 Å². The second-order valence-electron chi connectivity index (χ2n) is 6.79. The Bertz CT molecular complexity index is 268. The lowest BCUT2D eigenvalue weighted by molar-refractivity contribution is 0.0133. The van der Waals surface area contributed by atoms with Gasteiger partial charge in [-0.15, -0.1) is 0 Å². The molecular weight excluding hydrogens is 286 g/mol. The van der Waals surface area contributed by atoms with E-state index in [9.17, 15) is 5.11 Å². The first-order valence-corrected chi connectivity index (χ1v) is 10.1. The predicted molar refractivity (Wildman–Crippen MR) is 99.9 cm³/mol. The van der Waals surface area contributed by atoms with Crippen LogP contribution >= 0.6 is 0 Å². The summed E-state index contributed by atoms with van der Waals surface area (Å²) in [6.45, 7) is 17.9. The maximum Gasteiger partial charge on any atom is 0.0546 e. The Morgan fingerprint density at radius 3 is 1.65 bits per heavy atom. The zero-order chi connectivity index (χ0) is 17.1. The summed E-state index contributed by atoms with van der Waals surface area (Å²) < 4.78 is 0. The zero-order valence-corrected chi connectivity index (χ0v) is 16.1. The fraction of sp³-hybridized carbons (Fsp3) is 1.00. The normalized spacial score (nSPS) is 29.6. The Morgan fingerprint density at radius 1 is 0.783 bits per heavy atom. The zero-order valence-electron chi connectivity index (χ0n) is 16.1. The van der Waals surface area contributed by atoms with Crippen molar-refractivity contribution in [2.24, 2.45) is 11.8 Å². The quantitative estimate of drug-likeness (QED) is 0.832. The molecule has 0 radical (unpaired) electrons. The molecule has 0 aromatic heterocycles. The molecule has 1 aliphatic carbocycles. The molecule has 0 bridgehead atoms. The van der Waals surface area contributed by atoms with Crippen LogP contribution in [0.2, 0.25) is 0 Å². The summed E-state index contributed by atoms with van der Waals surface area (Å²) in [7, 11) is 0. The van der Waals surface area contributed by atoms with Crippen molar-refractivity contribution in [2.45, 2.75) is 59.5 Å². The van der Waals surface area contributed by atoms with E-state index >= 15 is 0 Å². The number of nitrogens with one attached hydrogen (secondary N) is 1. The van der Waals surface area contributed by atoms with Crippen LogP contribution in [0.15, 0.2) is 0 Å². The van der Waals surface area contributed by atoms with Crippen LogP contribution < -0.4 is 5.32 Å². The Labute approximate surface area is 144 Å². The summed E-state index contributed by atoms with van der Waals surface area (Å²) in [4.78, 5) is 5.28. The van der Waals surface area contributed by atoms with Gasteiger partial charge in [-0.1, -0.05) is 27.7 Å². The van der Waals surface area contributed by atoms with Crippen LogP contribution in [0.4, 0.5) is 0 Å². The number of nitrogens with zero attached hydrogens (tertiary/aromatic N) is 2. The Kier molecular flexibility index (Phi) is 11.1. The minimum absolute atomic E-state index is 0.00574. The number of piperazine rings is 1. The molecule has 138 valence electrons. The van der Waals surface area contributed by atoms with E-state index in [2.05, 4.69) is 15.1 Å². The van der Waals surface area contributed by atoms with E-state index in [1.54, 1.807) is 0 Å². The average Bonchev–Trinajstić information content (AvgIpc) is 2.60. The van der Waals surface area contributed by atoms with Gasteiger partial charge in [0.25, 0.3) is 0 Å². The number of aliphatic hydroxyl groups is 1. The van der Waals surface area contributed by atoms with Gasteiger partial charge in [-0.3, -0.25) is 0 Å². The average molecular weight is 328 g/mol. The second-order valence-corrected chi connectivity index (χ2v) is 6.79. The molecule has 0 spiro atoms. The summed E-state index contributed by atoms with van der Waals surface area (Å²) >= 11 is 0. The Morgan fingerprint density at radius 2 is 1.22 bits per heavy atom. The van der Waals surface area contributed by atoms with E-state index in [0.717, 1.165) is 24.7 Å². The van der Waals surface area contributed by atoms with Gasteiger partial charge in [0.15, 0.2) is 0 Å². The summed E-state index contributed by atoms with van der Waals surface area (Å²) in [5.41, 5.74) is 0. The molecule has 0 aromatic rings. The Hall–Kier alpha value is -0.160. The largest absolute Gasteiger partial charge is 0.393 e. The number of rotatable bonds is 4. The lowest BCUT2D eigenvalue weighted by atomic mass is 9.82. The van der Waals surface area contributed by atoms with Crippen LogP contribution in [0.3, 0.4) is 0 Å². The van der Waals surface area contributed by atoms with Crippen molar-refractivity contribution >= 4 is 0 Å². The monoisotopic (exact) mass is 327 g/mol. The molecule has 0 atom stereocenters. The van der Waals surface area contributed by atoms with Gasteiger partial charge in [-0.25, -0.2) is 0 Å². The number of piperidine rings is 1. The first-order chi connectivity index (χ1) is 11.3. The van der Waals surface area contributed by atoms with Gasteiger partial charge in [-0.2, -0.15) is 0 Å². The molecule has 3 rings (SSSR count). The van der Waals surface area contributed by atoms with Gasteiger partial charge in [0.1, 0.15) is 0 Å². The summed E-state index contributed by atoms with van der Waals surface area (Å²) in [6, 6.07) is 0. The molecule has 0 unspecified atom stereocenters. The minimum Gasteiger partial charge on any atom is -0.393 e. The maximum atomic E-state index is 9.34. The van der Waals surface area contributed by atoms with Crippen LogP contribution in [0.25, 0.3) is 0 Å². The van der Waals surface area contributed by atoms with Crippen molar-refractivity contribution in [3.8, 4) is 0 Å². The van der Waals surface area contributed by atoms with Crippen LogP contribution in [-0.4, -0.2) is 73.4 Å². The lowest BCUT2D eigenvalue weighted by Gasteiger charge is -2.41. The summed E-state index contributed by atoms with van der Waals surface area (Å²) in [5.74, 6) is 1.69. The highest BCUT2D eigenvalue weighted by atomic mass is 16.3. The standard InChI is InChI=1S/C15H29N3O.2C2H6/c19-15-9-14(10-15)12-18-7-5-17(6-8-18)11-13-1-3-16-4-2-13;2*1-2/h13-16,19H,1-12H2;2*1-2H3. The SMILES string of the molecule is CC.CC.OC1CC(CN2CCN(CC3CCNCC3)CC2)C1. The maximum absolute atomic E-state index is 9.34. The van der Waals surface area contributed by atoms with E-state index in [-0.39, 0.29) is 6.10 Å². The van der Waals surface area contributed by atoms with Crippen LogP contribution in [0, 0.1) is 11.8 Å². The predicted octanol–water partition coefficient (Wildman–Crippen LogP) is 2.43. The van der Waals surface area contributed by atoms with Crippen molar-refractivity contribution < 1.29 is 5.11 Å². The molecule has 4 nitrogen and oxygen atoms in total. The van der Waals surface area contributed by atoms with Crippen LogP contribution in [-0.2, 0) is 0 Å². The fourth-order valence-corrected chi connectivity index (χ4v) is 3.80. The molecule has 0 amide bonds. The molecule has 4 heteroatoms. The lowest BCUT2D eigenvalue weighted by Crippen LogP contribution is -2.50. The molecule has 1 saturated carbocycles. The third-order valence-corrected chi connectivity index (χ3v) is 5.17. The first kappa shape index (κ1) is 20.9. The summed E-state index contributed by atoms with van der Waals surface area (Å²) in [5, 5.41) is 12.8. The van der Waals surface area contributed by atoms with E-state index in [1.165, 1.54) is 65.2 Å². The highest BCUT2D eigenvalue weighted by molar-refractivity contribution is 4.83. The van der Waals surface area contributed by atoms with Gasteiger partial charge >= 0.3 is 0 Å². The van der Waals surface area contributed by atoms with E-state index in [0.29, 0.717) is 0 Å². The molecule has 2 N–H and O–H groups in total. The molecule has 3 aliphatic rings. The number of hydrogen-bond donors (Lipinski definition) is 2. The minimum atomic E-state index is 0.00574. The third-order valence-electron chi connectivity index (χ3n) is 5.17. The molecular formula is C19H41N3O. The van der Waals surface area contributed by atoms with E-state index in [4.69, 9.17) is 0 Å². The molecule has 3 fully saturated rings. The first-order valence-electron chi connectivity index (χ1n) is 10.1. The van der Waals surface area contributed by atoms with Gasteiger partial charge in [0.05, 0.1) is 6.10 Å². The van der Waals surface area contributed by atoms with E-state index in [1.807, 2.05) is 27.7 Å². The molecule has 2 saturated heterocycles. The highest BCUT2D eigenvalue weighted by Crippen LogP contribution is 2.28. The van der Waals surface area contributed by atoms with Gasteiger partial charge < -0.3 is 20.2 Å². The number of aliphatic hydroxyl groups excluding tert-OH is 1. The molecule has 0 aromatic carbocycles. The van der Waals surface area contributed by atoms with Gasteiger partial charge in [-0.05, 0) is 50.6 Å². The third kappa shape index (κ3) is 7.51. The topological polar surface area (TPSA) is 38.7 Å². The number of hydrogen-bond acceptors (Lipinski definition) is 4. The second kappa shape index (κ2) is 12.2. The Balaban J connectivity index is 0.000000615. The van der Waals surface area contributed by atoms with Crippen molar-refractivity contribution in [1.29, 1.82) is 0 Å². The van der Waals surface area contributed by atoms with Crippen molar-refractivity contribution in [1.82, 2.24) is 15.1 Å². The van der Waals surface area contributed by atoms with Crippen molar-refractivity contribution in [2.75, 3.05) is 52.4 Å². The molecule has 23 heavy (non-hydrogen) atoms. The van der Waals surface area contributed by atoms with Crippen molar-refractivity contribution in [3.63, 3.8) is 0 Å². The van der Waals surface area contributed by atoms with Crippen molar-refractivity contribution in [3.05, 3.63) is 0 Å². The van der Waals surface area contributed by atoms with Crippen LogP contribution in [0.1, 0.15) is 53.4 Å². The smallest absolute Gasteiger partial charge is 0.0546 e. The fourth-order valence-electron chi connectivity index (χ4n) is 3.80. The molecule has 2 heterocycles. The van der Waals surface area contributed by atoms with Crippen LogP contribution in [0.5, 0.6) is 0 Å². The van der Waals surface area contributed by atoms with Gasteiger partial charge in [0, 0.05) is 39.3 Å².